The predicted octanol–water partition coefficient (Wildman–Crippen LogP) is 29.5. The standard InChI is InChI=1S/C15H22S.C14H20FNO.C14H21NS.C14H22.2C13H17NO.C13H16OS.C12H15N3.C11H16O2S/c1-14(2,3)12-6-7-13-11(10-12)8-9-15(4,5)16-13;1-14(2,3)11-4-5-13(12(15)10-11)16-6-8-17-9-7-16;1-14(2,3)12-4-6-13(7-5-12)15-8-10-16-11-9-15;1-13(2,3)11-8-7-9-12(10-11)14(4,5)6;1-13(2,3)10-5-6-11-9(8-10)4-7-12(15)14-11;1-13(2,3)10-6-4-9-5-7-12(15)14-11(9)8-10;1-13(2,3)10-4-5-12-9(6-10)7-11(14)8-15-12;1-12(2,3)10-5-4-6-11(9-10)15-13-7-8-14-15;1-11(2,3)9-7-5-6-8-10(9)14(4,12)13/h6-7,10H,8-9H2,1-5H3;4-5,10H,6-9H2,1-3H3;4-7H,8-11H2,1-3H3;7-10H,1-6H3;5-6,8H,4,7H2,1-3H3,(H,14,15);4,6,8H,5,7H2,1-3H3,(H,14,15);4-6H,7-8H2,1-3H3;4-9H,1-3H3;5-8H,1-4H3. The van der Waals surface area contributed by atoms with E-state index in [4.69, 9.17) is 4.74 Å². The second-order valence-corrected chi connectivity index (χ2v) is 54.0. The van der Waals surface area contributed by atoms with E-state index < -0.39 is 9.84 Å². The molecule has 6 aliphatic heterocycles. The number of aryl methyl sites for hydroxylation is 3. The Morgan fingerprint density at radius 2 is 0.818 bits per heavy atom. The van der Waals surface area contributed by atoms with Crippen LogP contribution >= 0.6 is 35.3 Å². The number of ether oxygens (including phenoxy) is 1. The van der Waals surface area contributed by atoms with Gasteiger partial charge in [-0.05, 0) is 224 Å². The fourth-order valence-electron chi connectivity index (χ4n) is 15.9. The summed E-state index contributed by atoms with van der Waals surface area (Å²) in [5.74, 6) is 3.65. The lowest BCUT2D eigenvalue weighted by molar-refractivity contribution is -0.117. The number of hydrogen-bond donors (Lipinski definition) is 2. The summed E-state index contributed by atoms with van der Waals surface area (Å²) in [5.41, 5.74) is 24.7. The summed E-state index contributed by atoms with van der Waals surface area (Å²) >= 11 is 5.76. The molecule has 0 unspecified atom stereocenters. The zero-order valence-electron chi connectivity index (χ0n) is 89.6. The van der Waals surface area contributed by atoms with Crippen molar-refractivity contribution in [2.45, 2.75) is 340 Å². The van der Waals surface area contributed by atoms with Crippen molar-refractivity contribution >= 4 is 85.5 Å². The lowest BCUT2D eigenvalue weighted by Gasteiger charge is -2.31. The molecule has 0 bridgehead atoms. The van der Waals surface area contributed by atoms with Crippen LogP contribution in [0.2, 0.25) is 0 Å². The molecule has 744 valence electrons. The number of Topliss-reactive ketones (excluding diaryl/α,β-unsaturated/α-hetero) is 1. The van der Waals surface area contributed by atoms with E-state index in [1.54, 1.807) is 52.7 Å². The second-order valence-electron chi connectivity index (χ2n) is 48.0. The number of nitrogens with one attached hydrogen (secondary N) is 2. The molecule has 0 spiro atoms. The Bertz CT molecular complexity index is 5650. The molecule has 0 aliphatic carbocycles. The van der Waals surface area contributed by atoms with Crippen molar-refractivity contribution in [1.82, 2.24) is 15.0 Å². The van der Waals surface area contributed by atoms with Crippen LogP contribution in [0.5, 0.6) is 0 Å². The maximum Gasteiger partial charge on any atom is 0.224 e. The molecule has 6 aliphatic rings. The maximum absolute atomic E-state index is 14.1. The van der Waals surface area contributed by atoms with Gasteiger partial charge in [-0.2, -0.15) is 26.8 Å². The Morgan fingerprint density at radius 1 is 0.387 bits per heavy atom. The number of thioether (sulfide) groups is 3. The number of morpholine rings is 1. The fourth-order valence-corrected chi connectivity index (χ4v) is 20.0. The molecule has 1 aromatic heterocycles. The molecule has 2 N–H and O–H groups in total. The topological polar surface area (TPSA) is 156 Å². The number of hydrogen-bond acceptors (Lipinski definition) is 13. The number of carbonyl (C=O) groups is 3. The number of amides is 2. The van der Waals surface area contributed by atoms with Crippen LogP contribution in [0.1, 0.15) is 319 Å². The molecule has 2 amide bonds. The zero-order valence-corrected chi connectivity index (χ0v) is 92.8. The Morgan fingerprint density at radius 3 is 1.32 bits per heavy atom. The summed E-state index contributed by atoms with van der Waals surface area (Å²) in [4.78, 5) is 43.2. The third kappa shape index (κ3) is 35.7. The maximum atomic E-state index is 14.1. The smallest absolute Gasteiger partial charge is 0.224 e. The van der Waals surface area contributed by atoms with Gasteiger partial charge in [-0.3, -0.25) is 14.4 Å². The van der Waals surface area contributed by atoms with Gasteiger partial charge in [0.05, 0.1) is 47.6 Å². The number of sulfone groups is 1. The molecule has 9 aromatic carbocycles. The summed E-state index contributed by atoms with van der Waals surface area (Å²) in [5, 5.41) is 14.1. The molecular formula is C119H166FN7O6S4. The van der Waals surface area contributed by atoms with Crippen LogP contribution in [0.3, 0.4) is 0 Å². The van der Waals surface area contributed by atoms with Gasteiger partial charge >= 0.3 is 0 Å². The van der Waals surface area contributed by atoms with E-state index in [9.17, 15) is 27.2 Å². The average molecular weight is 1940 g/mol. The number of carbonyl (C=O) groups excluding carboxylic acids is 3. The number of fused-ring (bicyclic) bond motifs is 4. The van der Waals surface area contributed by atoms with Crippen molar-refractivity contribution in [3.8, 4) is 5.69 Å². The zero-order chi connectivity index (χ0) is 102. The van der Waals surface area contributed by atoms with Crippen LogP contribution in [0.25, 0.3) is 5.69 Å². The Labute approximate surface area is 839 Å². The van der Waals surface area contributed by atoms with Crippen molar-refractivity contribution in [2.75, 3.05) is 83.3 Å². The van der Waals surface area contributed by atoms with E-state index in [0.717, 1.165) is 54.1 Å². The van der Waals surface area contributed by atoms with Crippen LogP contribution < -0.4 is 20.4 Å². The molecule has 18 heteroatoms. The summed E-state index contributed by atoms with van der Waals surface area (Å²) < 4.78 is 42.8. The van der Waals surface area contributed by atoms with E-state index in [-0.39, 0.29) is 71.8 Å². The van der Waals surface area contributed by atoms with E-state index in [2.05, 4.69) is 366 Å². The van der Waals surface area contributed by atoms with Gasteiger partial charge in [-0.1, -0.05) is 343 Å². The molecule has 0 atom stereocenters. The van der Waals surface area contributed by atoms with Gasteiger partial charge < -0.3 is 25.2 Å². The molecule has 10 aromatic rings. The number of benzene rings is 9. The van der Waals surface area contributed by atoms with Crippen LogP contribution in [0.15, 0.2) is 215 Å². The van der Waals surface area contributed by atoms with E-state index >= 15 is 0 Å². The molecule has 2 fully saturated rings. The molecule has 13 nitrogen and oxygen atoms in total. The number of ketones is 1. The third-order valence-electron chi connectivity index (χ3n) is 25.1. The van der Waals surface area contributed by atoms with Crippen LogP contribution in [-0.4, -0.2) is 109 Å². The largest absolute Gasteiger partial charge is 0.378 e. The highest BCUT2D eigenvalue weighted by Crippen LogP contribution is 2.45. The Kier molecular flexibility index (Phi) is 39.1. The summed E-state index contributed by atoms with van der Waals surface area (Å²) in [7, 11) is -3.12. The van der Waals surface area contributed by atoms with Crippen molar-refractivity contribution in [1.29, 1.82) is 0 Å². The molecule has 0 saturated carbocycles. The van der Waals surface area contributed by atoms with Gasteiger partial charge in [0.2, 0.25) is 11.8 Å². The van der Waals surface area contributed by atoms with Crippen molar-refractivity contribution in [3.05, 3.63) is 284 Å². The normalized spacial score (nSPS) is 15.6. The first-order valence-corrected chi connectivity index (χ1v) is 54.0. The predicted molar refractivity (Wildman–Crippen MR) is 587 cm³/mol. The summed E-state index contributed by atoms with van der Waals surface area (Å²) in [6.07, 6.45) is 10.7. The van der Waals surface area contributed by atoms with Crippen LogP contribution in [0, 0.1) is 5.82 Å². The van der Waals surface area contributed by atoms with Gasteiger partial charge in [0.1, 0.15) is 11.6 Å². The molecule has 0 radical (unpaired) electrons. The van der Waals surface area contributed by atoms with Crippen molar-refractivity contribution < 1.29 is 31.9 Å². The van der Waals surface area contributed by atoms with E-state index in [1.807, 2.05) is 79.9 Å². The summed E-state index contributed by atoms with van der Waals surface area (Å²) in [6.45, 7) is 75.8. The van der Waals surface area contributed by atoms with E-state index in [1.165, 1.54) is 120 Å². The minimum absolute atomic E-state index is 0.00954. The van der Waals surface area contributed by atoms with Crippen molar-refractivity contribution in [3.63, 3.8) is 0 Å². The number of halogens is 1. The SMILES string of the molecule is CC(C)(C)c1ccc(N2CCOCC2)c(F)c1.CC(C)(C)c1ccc(N2CCSCC2)cc1.CC(C)(C)c1ccc2c(c1)CC(=O)CS2.CC(C)(C)c1ccc2c(c1)CCC(=O)N2.CC(C)(C)c1ccc2c(c1)NC(=O)CC2.CC(C)(C)c1cccc(-n2nccn2)c1.CC(C)(C)c1cccc(C(C)(C)C)c1.CC(C)(C)c1ccccc1S(C)(=O)=O.CC1(C)CCc2cc(C(C)(C)C)ccc2S1. The minimum Gasteiger partial charge on any atom is -0.378 e. The average Bonchev–Trinajstić information content (AvgIpc) is 1.21. The number of aromatic nitrogens is 3. The molecular weight excluding hydrogens is 1770 g/mol. The highest BCUT2D eigenvalue weighted by atomic mass is 32.2. The highest BCUT2D eigenvalue weighted by molar-refractivity contribution is 8.00. The second kappa shape index (κ2) is 47.2. The first-order chi connectivity index (χ1) is 63.2. The number of anilines is 4. The van der Waals surface area contributed by atoms with Crippen molar-refractivity contribution in [2.24, 2.45) is 0 Å². The van der Waals surface area contributed by atoms with Gasteiger partial charge in [-0.15, -0.1) is 23.5 Å². The molecule has 137 heavy (non-hydrogen) atoms. The molecule has 7 heterocycles. The third-order valence-corrected chi connectivity index (χ3v) is 29.7. The monoisotopic (exact) mass is 1940 g/mol. The van der Waals surface area contributed by atoms with Gasteiger partial charge in [0, 0.05) is 94.8 Å². The van der Waals surface area contributed by atoms with Crippen LogP contribution in [0.4, 0.5) is 27.1 Å². The number of nitrogens with zero attached hydrogens (tertiary/aromatic N) is 5. The quantitative estimate of drug-likeness (QED) is 0.172. The van der Waals surface area contributed by atoms with Gasteiger partial charge in [0.25, 0.3) is 0 Å². The number of rotatable bonds is 4. The first-order valence-electron chi connectivity index (χ1n) is 49.2. The summed E-state index contributed by atoms with van der Waals surface area (Å²) in [6, 6.07) is 65.4. The lowest BCUT2D eigenvalue weighted by Crippen LogP contribution is -2.36. The fraction of sp³-hybridized carbons (Fsp3) is 0.504. The molecule has 16 rings (SSSR count). The lowest BCUT2D eigenvalue weighted by atomic mass is 9.81. The van der Waals surface area contributed by atoms with Crippen LogP contribution in [-0.2, 0) is 109 Å². The highest BCUT2D eigenvalue weighted by Gasteiger charge is 2.31. The van der Waals surface area contributed by atoms with E-state index in [0.29, 0.717) is 59.3 Å². The Hall–Kier alpha value is -8.78. The van der Waals surface area contributed by atoms with Gasteiger partial charge in [-0.25, -0.2) is 12.8 Å². The molecule has 2 saturated heterocycles. The minimum atomic E-state index is -3.12. The van der Waals surface area contributed by atoms with Gasteiger partial charge in [0.15, 0.2) is 9.84 Å². The Balaban J connectivity index is 0.000000189. The first kappa shape index (κ1) is 113.